The van der Waals surface area contributed by atoms with Crippen molar-refractivity contribution < 1.29 is 19.1 Å². The fourth-order valence-corrected chi connectivity index (χ4v) is 2.03. The van der Waals surface area contributed by atoms with Crippen LogP contribution in [0.3, 0.4) is 0 Å². The van der Waals surface area contributed by atoms with E-state index in [1.165, 1.54) is 14.0 Å². The number of carbonyl (C=O) groups excluding carboxylic acids is 3. The van der Waals surface area contributed by atoms with Crippen molar-refractivity contribution in [2.45, 2.75) is 13.8 Å². The Kier molecular flexibility index (Phi) is 3.21. The van der Waals surface area contributed by atoms with Crippen LogP contribution in [0, 0.1) is 6.92 Å². The Morgan fingerprint density at radius 3 is 2.53 bits per heavy atom. The molecule has 5 heteroatoms. The van der Waals surface area contributed by atoms with Crippen LogP contribution in [-0.2, 0) is 4.79 Å². The van der Waals surface area contributed by atoms with Gasteiger partial charge in [-0.2, -0.15) is 0 Å². The van der Waals surface area contributed by atoms with Gasteiger partial charge in [0.2, 0.25) is 11.7 Å². The maximum atomic E-state index is 12.3. The fraction of sp³-hybridized carbons (Fsp3) is 0.214. The molecule has 1 aliphatic rings. The first-order chi connectivity index (χ1) is 8.93. The molecule has 1 amide bonds. The number of Topliss-reactive ketones (excluding diaryl/α,β-unsaturated/α-hetero) is 1. The zero-order valence-electron chi connectivity index (χ0n) is 10.9. The normalized spacial score (nSPS) is 13.7. The Balaban J connectivity index is 2.60. The maximum Gasteiger partial charge on any atom is 0.221 e. The summed E-state index contributed by atoms with van der Waals surface area (Å²) in [5.41, 5.74) is 1.31. The first-order valence-electron chi connectivity index (χ1n) is 5.71. The third-order valence-corrected chi connectivity index (χ3v) is 2.79. The van der Waals surface area contributed by atoms with Crippen LogP contribution in [0.4, 0.5) is 0 Å². The highest BCUT2D eigenvalue weighted by atomic mass is 16.5. The highest BCUT2D eigenvalue weighted by Crippen LogP contribution is 2.30. The minimum absolute atomic E-state index is 0.0212. The van der Waals surface area contributed by atoms with E-state index in [9.17, 15) is 14.4 Å². The number of allylic oxidation sites excluding steroid dienone is 2. The van der Waals surface area contributed by atoms with E-state index in [0.29, 0.717) is 11.3 Å². The molecule has 0 fully saturated rings. The van der Waals surface area contributed by atoms with Crippen LogP contribution < -0.4 is 10.1 Å². The van der Waals surface area contributed by atoms with E-state index in [0.717, 1.165) is 11.6 Å². The van der Waals surface area contributed by atoms with Gasteiger partial charge in [0.15, 0.2) is 5.78 Å². The predicted octanol–water partition coefficient (Wildman–Crippen LogP) is 1.40. The van der Waals surface area contributed by atoms with Gasteiger partial charge < -0.3 is 10.1 Å². The third kappa shape index (κ3) is 2.27. The summed E-state index contributed by atoms with van der Waals surface area (Å²) in [6.45, 7) is 3.09. The van der Waals surface area contributed by atoms with Crippen LogP contribution in [0.15, 0.2) is 23.9 Å². The van der Waals surface area contributed by atoms with E-state index in [1.54, 1.807) is 12.1 Å². The van der Waals surface area contributed by atoms with Crippen molar-refractivity contribution in [3.05, 3.63) is 40.6 Å². The molecule has 0 saturated heterocycles. The molecule has 19 heavy (non-hydrogen) atoms. The van der Waals surface area contributed by atoms with Gasteiger partial charge in [-0.25, -0.2) is 0 Å². The zero-order chi connectivity index (χ0) is 14.2. The number of amides is 1. The Bertz CT molecular complexity index is 629. The number of aryl methyl sites for hydroxylation is 1. The van der Waals surface area contributed by atoms with E-state index in [4.69, 9.17) is 4.74 Å². The summed E-state index contributed by atoms with van der Waals surface area (Å²) >= 11 is 0. The van der Waals surface area contributed by atoms with Crippen molar-refractivity contribution in [1.29, 1.82) is 0 Å². The van der Waals surface area contributed by atoms with Crippen LogP contribution >= 0.6 is 0 Å². The van der Waals surface area contributed by atoms with Crippen LogP contribution in [0.5, 0.6) is 5.75 Å². The maximum absolute atomic E-state index is 12.3. The topological polar surface area (TPSA) is 72.5 Å². The lowest BCUT2D eigenvalue weighted by Crippen LogP contribution is -2.30. The average molecular weight is 259 g/mol. The summed E-state index contributed by atoms with van der Waals surface area (Å²) in [4.78, 5) is 35.3. The van der Waals surface area contributed by atoms with Gasteiger partial charge in [-0.1, -0.05) is 0 Å². The summed E-state index contributed by atoms with van der Waals surface area (Å²) in [7, 11) is 1.43. The Hall–Kier alpha value is -2.43. The van der Waals surface area contributed by atoms with Gasteiger partial charge in [0, 0.05) is 18.6 Å². The molecule has 1 aliphatic carbocycles. The van der Waals surface area contributed by atoms with Crippen LogP contribution in [-0.4, -0.2) is 24.6 Å². The second kappa shape index (κ2) is 4.68. The molecule has 0 saturated carbocycles. The van der Waals surface area contributed by atoms with Crippen molar-refractivity contribution >= 4 is 17.5 Å². The Morgan fingerprint density at radius 2 is 1.95 bits per heavy atom. The van der Waals surface area contributed by atoms with E-state index < -0.39 is 11.7 Å². The van der Waals surface area contributed by atoms with E-state index >= 15 is 0 Å². The van der Waals surface area contributed by atoms with Crippen molar-refractivity contribution in [3.63, 3.8) is 0 Å². The number of ether oxygens (including phenoxy) is 1. The van der Waals surface area contributed by atoms with Gasteiger partial charge in [0.1, 0.15) is 5.75 Å². The second-order valence-corrected chi connectivity index (χ2v) is 4.32. The number of nitrogens with one attached hydrogen (secondary N) is 1. The van der Waals surface area contributed by atoms with E-state index in [1.807, 2.05) is 6.92 Å². The molecule has 0 aliphatic heterocycles. The number of benzene rings is 1. The molecule has 5 nitrogen and oxygen atoms in total. The van der Waals surface area contributed by atoms with Gasteiger partial charge in [-0.15, -0.1) is 0 Å². The standard InChI is InChI=1S/C14H13NO4/c1-7-4-9-11(17)6-10(15-8(2)16)14(18)13(9)12(5-7)19-3/h4-6H,1-3H3,(H,15,16). The summed E-state index contributed by atoms with van der Waals surface area (Å²) in [6, 6.07) is 3.32. The van der Waals surface area contributed by atoms with E-state index in [2.05, 4.69) is 5.32 Å². The van der Waals surface area contributed by atoms with Crippen LogP contribution in [0.1, 0.15) is 33.2 Å². The minimum atomic E-state index is -0.415. The van der Waals surface area contributed by atoms with Gasteiger partial charge in [0.25, 0.3) is 0 Å². The number of ketones is 2. The number of rotatable bonds is 2. The molecule has 0 spiro atoms. The van der Waals surface area contributed by atoms with Crippen LogP contribution in [0.2, 0.25) is 0 Å². The molecule has 1 aromatic rings. The molecule has 1 aromatic carbocycles. The van der Waals surface area contributed by atoms with Crippen molar-refractivity contribution in [1.82, 2.24) is 5.32 Å². The largest absolute Gasteiger partial charge is 0.496 e. The summed E-state index contributed by atoms with van der Waals surface area (Å²) in [5, 5.41) is 2.36. The number of methoxy groups -OCH3 is 1. The molecule has 1 N–H and O–H groups in total. The molecular formula is C14H13NO4. The van der Waals surface area contributed by atoms with E-state index in [-0.39, 0.29) is 17.0 Å². The Labute approximate surface area is 110 Å². The van der Waals surface area contributed by atoms with Gasteiger partial charge in [-0.05, 0) is 24.6 Å². The van der Waals surface area contributed by atoms with Gasteiger partial charge in [0.05, 0.1) is 18.4 Å². The monoisotopic (exact) mass is 259 g/mol. The molecular weight excluding hydrogens is 246 g/mol. The molecule has 0 radical (unpaired) electrons. The molecule has 0 aromatic heterocycles. The summed E-state index contributed by atoms with van der Waals surface area (Å²) in [6.07, 6.45) is 1.14. The predicted molar refractivity (Wildman–Crippen MR) is 68.3 cm³/mol. The number of hydrogen-bond donors (Lipinski definition) is 1. The van der Waals surface area contributed by atoms with Crippen molar-refractivity contribution in [2.75, 3.05) is 7.11 Å². The lowest BCUT2D eigenvalue weighted by atomic mass is 9.90. The highest BCUT2D eigenvalue weighted by molar-refractivity contribution is 6.26. The SMILES string of the molecule is COc1cc(C)cc2c1C(=O)C(NC(C)=O)=CC2=O. The molecule has 2 rings (SSSR count). The van der Waals surface area contributed by atoms with Crippen LogP contribution in [0.25, 0.3) is 0 Å². The quantitative estimate of drug-likeness (QED) is 0.871. The molecule has 98 valence electrons. The zero-order valence-corrected chi connectivity index (χ0v) is 10.9. The number of fused-ring (bicyclic) bond motifs is 1. The highest BCUT2D eigenvalue weighted by Gasteiger charge is 2.29. The van der Waals surface area contributed by atoms with Crippen molar-refractivity contribution in [2.24, 2.45) is 0 Å². The molecule has 0 atom stereocenters. The molecule has 0 heterocycles. The second-order valence-electron chi connectivity index (χ2n) is 4.32. The first-order valence-corrected chi connectivity index (χ1v) is 5.71. The lowest BCUT2D eigenvalue weighted by Gasteiger charge is -2.18. The fourth-order valence-electron chi connectivity index (χ4n) is 2.03. The lowest BCUT2D eigenvalue weighted by molar-refractivity contribution is -0.118. The molecule has 0 bridgehead atoms. The Morgan fingerprint density at radius 1 is 1.26 bits per heavy atom. The average Bonchev–Trinajstić information content (AvgIpc) is 2.33. The summed E-state index contributed by atoms with van der Waals surface area (Å²) < 4.78 is 5.15. The third-order valence-electron chi connectivity index (χ3n) is 2.79. The number of carbonyl (C=O) groups is 3. The first kappa shape index (κ1) is 13.0. The number of hydrogen-bond acceptors (Lipinski definition) is 4. The minimum Gasteiger partial charge on any atom is -0.496 e. The smallest absolute Gasteiger partial charge is 0.221 e. The molecule has 0 unspecified atom stereocenters. The van der Waals surface area contributed by atoms with Gasteiger partial charge >= 0.3 is 0 Å². The van der Waals surface area contributed by atoms with Crippen molar-refractivity contribution in [3.8, 4) is 5.75 Å². The summed E-state index contributed by atoms with van der Waals surface area (Å²) in [5.74, 6) is -0.798. The van der Waals surface area contributed by atoms with Gasteiger partial charge in [-0.3, -0.25) is 14.4 Å².